The number of hydrogen-bond donors (Lipinski definition) is 0. The highest BCUT2D eigenvalue weighted by molar-refractivity contribution is 5.97. The van der Waals surface area contributed by atoms with Crippen molar-refractivity contribution in [2.45, 2.75) is 19.4 Å². The molecule has 5 nitrogen and oxygen atoms in total. The van der Waals surface area contributed by atoms with Crippen molar-refractivity contribution in [1.29, 1.82) is 0 Å². The van der Waals surface area contributed by atoms with E-state index in [-0.39, 0.29) is 11.8 Å². The number of hydrogen-bond acceptors (Lipinski definition) is 2. The van der Waals surface area contributed by atoms with E-state index in [9.17, 15) is 9.59 Å². The van der Waals surface area contributed by atoms with Gasteiger partial charge in [-0.2, -0.15) is 4.99 Å². The summed E-state index contributed by atoms with van der Waals surface area (Å²) in [4.78, 5) is 30.6. The average Bonchev–Trinajstić information content (AvgIpc) is 3.16. The maximum atomic E-state index is 12.7. The maximum Gasteiger partial charge on any atom is 0.278 e. The molecular formula is C23H21N3O2. The molecule has 5 heteroatoms. The van der Waals surface area contributed by atoms with Gasteiger partial charge in [-0.1, -0.05) is 36.4 Å². The molecule has 140 valence electrons. The van der Waals surface area contributed by atoms with Gasteiger partial charge < -0.3 is 9.47 Å². The van der Waals surface area contributed by atoms with E-state index in [2.05, 4.69) is 4.99 Å². The molecule has 0 radical (unpaired) electrons. The summed E-state index contributed by atoms with van der Waals surface area (Å²) >= 11 is 0. The Morgan fingerprint density at radius 3 is 2.39 bits per heavy atom. The fourth-order valence-electron chi connectivity index (χ4n) is 3.36. The Morgan fingerprint density at radius 2 is 1.68 bits per heavy atom. The number of benzene rings is 2. The Balaban J connectivity index is 1.57. The molecule has 0 saturated carbocycles. The van der Waals surface area contributed by atoms with E-state index in [0.29, 0.717) is 24.0 Å². The monoisotopic (exact) mass is 371 g/mol. The summed E-state index contributed by atoms with van der Waals surface area (Å²) in [5.74, 6) is -0.165. The van der Waals surface area contributed by atoms with Crippen molar-refractivity contribution in [3.05, 3.63) is 95.6 Å². The van der Waals surface area contributed by atoms with Crippen LogP contribution in [0.1, 0.15) is 28.8 Å². The molecule has 3 aromatic rings. The summed E-state index contributed by atoms with van der Waals surface area (Å²) in [5, 5.41) is 0. The summed E-state index contributed by atoms with van der Waals surface area (Å²) in [6.45, 7) is 1.38. The van der Waals surface area contributed by atoms with Gasteiger partial charge in [0.1, 0.15) is 5.49 Å². The molecule has 0 bridgehead atoms. The first kappa shape index (κ1) is 17.9. The Labute approximate surface area is 163 Å². The van der Waals surface area contributed by atoms with Gasteiger partial charge in [0, 0.05) is 37.0 Å². The van der Waals surface area contributed by atoms with Gasteiger partial charge in [-0.05, 0) is 48.4 Å². The minimum atomic E-state index is -0.299. The molecule has 2 amide bonds. The molecule has 1 fully saturated rings. The zero-order valence-electron chi connectivity index (χ0n) is 15.5. The zero-order valence-corrected chi connectivity index (χ0v) is 15.5. The molecule has 28 heavy (non-hydrogen) atoms. The highest BCUT2D eigenvalue weighted by atomic mass is 16.2. The second-order valence-electron chi connectivity index (χ2n) is 6.79. The van der Waals surface area contributed by atoms with Crippen molar-refractivity contribution < 1.29 is 9.59 Å². The number of carbonyl (C=O) groups is 2. The first-order valence-electron chi connectivity index (χ1n) is 9.39. The van der Waals surface area contributed by atoms with Crippen molar-refractivity contribution in [1.82, 2.24) is 4.57 Å². The highest BCUT2D eigenvalue weighted by Crippen LogP contribution is 2.21. The first-order chi connectivity index (χ1) is 13.7. The van der Waals surface area contributed by atoms with Crippen molar-refractivity contribution in [2.75, 3.05) is 11.4 Å². The molecule has 4 rings (SSSR count). The molecule has 0 atom stereocenters. The highest BCUT2D eigenvalue weighted by Gasteiger charge is 2.21. The van der Waals surface area contributed by atoms with Crippen LogP contribution in [0.2, 0.25) is 0 Å². The molecule has 1 aromatic heterocycles. The fourth-order valence-corrected chi connectivity index (χ4v) is 3.36. The maximum absolute atomic E-state index is 12.7. The van der Waals surface area contributed by atoms with Crippen LogP contribution in [-0.2, 0) is 11.3 Å². The van der Waals surface area contributed by atoms with E-state index in [4.69, 9.17) is 0 Å². The molecule has 2 aromatic carbocycles. The van der Waals surface area contributed by atoms with Crippen LogP contribution in [-0.4, -0.2) is 22.9 Å². The van der Waals surface area contributed by atoms with Crippen LogP contribution in [0.25, 0.3) is 0 Å². The largest absolute Gasteiger partial charge is 0.328 e. The quantitative estimate of drug-likeness (QED) is 0.706. The summed E-state index contributed by atoms with van der Waals surface area (Å²) in [6, 6.07) is 22.8. The number of rotatable bonds is 4. The number of nitrogens with zero attached hydrogens (tertiary/aromatic N) is 3. The molecule has 1 saturated heterocycles. The third-order valence-corrected chi connectivity index (χ3v) is 4.83. The predicted octanol–water partition coefficient (Wildman–Crippen LogP) is 3.40. The van der Waals surface area contributed by atoms with Crippen molar-refractivity contribution >= 4 is 17.5 Å². The Morgan fingerprint density at radius 1 is 0.929 bits per heavy atom. The predicted molar refractivity (Wildman–Crippen MR) is 108 cm³/mol. The molecule has 0 aliphatic carbocycles. The summed E-state index contributed by atoms with van der Waals surface area (Å²) in [7, 11) is 0. The van der Waals surface area contributed by atoms with E-state index < -0.39 is 0 Å². The van der Waals surface area contributed by atoms with Crippen LogP contribution >= 0.6 is 0 Å². The summed E-state index contributed by atoms with van der Waals surface area (Å²) in [6.07, 6.45) is 3.39. The van der Waals surface area contributed by atoms with Crippen LogP contribution in [0, 0.1) is 0 Å². The van der Waals surface area contributed by atoms with Crippen molar-refractivity contribution in [3.8, 4) is 0 Å². The smallest absolute Gasteiger partial charge is 0.278 e. The lowest BCUT2D eigenvalue weighted by Crippen LogP contribution is -2.23. The van der Waals surface area contributed by atoms with Gasteiger partial charge in [-0.25, -0.2) is 0 Å². The Kier molecular flexibility index (Phi) is 5.15. The van der Waals surface area contributed by atoms with Gasteiger partial charge >= 0.3 is 0 Å². The number of aromatic nitrogens is 1. The average molecular weight is 371 g/mol. The molecule has 0 unspecified atom stereocenters. The van der Waals surface area contributed by atoms with E-state index in [1.165, 1.54) is 0 Å². The van der Waals surface area contributed by atoms with Gasteiger partial charge in [-0.15, -0.1) is 0 Å². The normalized spacial score (nSPS) is 14.5. The lowest BCUT2D eigenvalue weighted by atomic mass is 10.2. The third kappa shape index (κ3) is 3.93. The minimum Gasteiger partial charge on any atom is -0.328 e. The topological polar surface area (TPSA) is 54.7 Å². The number of anilines is 1. The second kappa shape index (κ2) is 8.05. The van der Waals surface area contributed by atoms with E-state index in [1.54, 1.807) is 17.0 Å². The zero-order chi connectivity index (χ0) is 19.3. The molecule has 2 heterocycles. The van der Waals surface area contributed by atoms with E-state index in [0.717, 1.165) is 24.2 Å². The molecule has 0 N–H and O–H groups in total. The van der Waals surface area contributed by atoms with Crippen LogP contribution in [0.4, 0.5) is 5.69 Å². The van der Waals surface area contributed by atoms with Crippen LogP contribution < -0.4 is 10.4 Å². The Hall–Kier alpha value is -3.47. The van der Waals surface area contributed by atoms with Gasteiger partial charge in [0.15, 0.2) is 0 Å². The molecule has 1 aliphatic heterocycles. The van der Waals surface area contributed by atoms with Gasteiger partial charge in [0.2, 0.25) is 5.91 Å². The Bertz CT molecular complexity index is 1050. The van der Waals surface area contributed by atoms with Crippen LogP contribution in [0.15, 0.2) is 84.0 Å². The molecular weight excluding hydrogens is 350 g/mol. The number of carbonyl (C=O) groups excluding carboxylic acids is 2. The molecule has 0 spiro atoms. The summed E-state index contributed by atoms with van der Waals surface area (Å²) < 4.78 is 1.95. The van der Waals surface area contributed by atoms with E-state index in [1.807, 2.05) is 71.4 Å². The second-order valence-corrected chi connectivity index (χ2v) is 6.79. The van der Waals surface area contributed by atoms with Gasteiger partial charge in [0.05, 0.1) is 0 Å². The first-order valence-corrected chi connectivity index (χ1v) is 9.39. The minimum absolute atomic E-state index is 0.134. The third-order valence-electron chi connectivity index (χ3n) is 4.83. The number of pyridine rings is 1. The summed E-state index contributed by atoms with van der Waals surface area (Å²) in [5.41, 5.74) is 3.08. The van der Waals surface area contributed by atoms with Crippen LogP contribution in [0.5, 0.6) is 0 Å². The lowest BCUT2D eigenvalue weighted by molar-refractivity contribution is -0.117. The van der Waals surface area contributed by atoms with Gasteiger partial charge in [-0.3, -0.25) is 9.59 Å². The van der Waals surface area contributed by atoms with Gasteiger partial charge in [0.25, 0.3) is 5.91 Å². The fraction of sp³-hybridized carbons (Fsp3) is 0.174. The lowest BCUT2D eigenvalue weighted by Gasteiger charge is -2.15. The van der Waals surface area contributed by atoms with Crippen molar-refractivity contribution in [2.24, 2.45) is 4.99 Å². The molecule has 1 aliphatic rings. The number of amides is 2. The van der Waals surface area contributed by atoms with E-state index >= 15 is 0 Å². The SMILES string of the molecule is O=C(N=c1ccccn1Cc1ccccc1)c1ccc(N2CCCC2=O)cc1. The van der Waals surface area contributed by atoms with Crippen LogP contribution in [0.3, 0.4) is 0 Å². The standard InChI is InChI=1S/C23H21N3O2/c27-22-10-6-16-26(22)20-13-11-19(12-14-20)23(28)24-21-9-4-5-15-25(21)17-18-7-2-1-3-8-18/h1-5,7-9,11-15H,6,10,16-17H2. The van der Waals surface area contributed by atoms with Crippen molar-refractivity contribution in [3.63, 3.8) is 0 Å².